The summed E-state index contributed by atoms with van der Waals surface area (Å²) in [6.07, 6.45) is 2.70. The number of hydrogen-bond donors (Lipinski definition) is 1. The zero-order valence-corrected chi connectivity index (χ0v) is 18.8. The summed E-state index contributed by atoms with van der Waals surface area (Å²) in [5, 5.41) is 13.6. The third-order valence-corrected chi connectivity index (χ3v) is 4.73. The molecule has 0 aliphatic rings. The molecule has 0 aliphatic heterocycles. The Morgan fingerprint density at radius 2 is 1.82 bits per heavy atom. The lowest BCUT2D eigenvalue weighted by molar-refractivity contribution is -0.385. The Labute approximate surface area is 198 Å². The van der Waals surface area contributed by atoms with Gasteiger partial charge in [-0.05, 0) is 36.8 Å². The Hall–Kier alpha value is -4.38. The molecule has 0 spiro atoms. The number of nitro groups is 1. The number of aryl methyl sites for hydroxylation is 1. The predicted octanol–water partition coefficient (Wildman–Crippen LogP) is 4.43. The number of urea groups is 1. The standard InChI is InChI=1S/C22H18ClN5O6/c1-3-19(29)27(22(31)26-20(30)16-6-4-5-7-17(16)28(32)33)15-8-9-18(13(2)10-15)34-21-24-11-14(23)12-25-21/h4-12H,3H2,1-2H3,(H,26,30,31). The number of ether oxygens (including phenoxy) is 1. The third-order valence-electron chi connectivity index (χ3n) is 4.54. The monoisotopic (exact) mass is 483 g/mol. The van der Waals surface area contributed by atoms with E-state index in [-0.39, 0.29) is 23.7 Å². The summed E-state index contributed by atoms with van der Waals surface area (Å²) in [6, 6.07) is 8.63. The first kappa shape index (κ1) is 24.3. The largest absolute Gasteiger partial charge is 0.424 e. The van der Waals surface area contributed by atoms with Gasteiger partial charge in [0.15, 0.2) is 0 Å². The molecule has 3 aromatic rings. The van der Waals surface area contributed by atoms with E-state index in [1.165, 1.54) is 48.8 Å². The van der Waals surface area contributed by atoms with E-state index in [0.717, 1.165) is 11.0 Å². The van der Waals surface area contributed by atoms with E-state index in [1.54, 1.807) is 13.8 Å². The summed E-state index contributed by atoms with van der Waals surface area (Å²) >= 11 is 5.76. The first-order chi connectivity index (χ1) is 16.2. The molecule has 1 N–H and O–H groups in total. The summed E-state index contributed by atoms with van der Waals surface area (Å²) in [7, 11) is 0. The van der Waals surface area contributed by atoms with E-state index in [4.69, 9.17) is 16.3 Å². The molecule has 0 radical (unpaired) electrons. The van der Waals surface area contributed by atoms with Crippen molar-refractivity contribution in [3.05, 3.63) is 81.1 Å². The molecule has 0 aliphatic carbocycles. The number of halogens is 1. The van der Waals surface area contributed by atoms with Gasteiger partial charge < -0.3 is 4.74 Å². The number of nitrogens with zero attached hydrogens (tertiary/aromatic N) is 4. The van der Waals surface area contributed by atoms with Crippen molar-refractivity contribution in [3.8, 4) is 11.8 Å². The van der Waals surface area contributed by atoms with E-state index < -0.39 is 28.5 Å². The van der Waals surface area contributed by atoms with Crippen LogP contribution in [0, 0.1) is 17.0 Å². The van der Waals surface area contributed by atoms with E-state index in [0.29, 0.717) is 16.3 Å². The highest BCUT2D eigenvalue weighted by molar-refractivity contribution is 6.30. The SMILES string of the molecule is CCC(=O)N(C(=O)NC(=O)c1ccccc1[N+](=O)[O-])c1ccc(Oc2ncc(Cl)cn2)c(C)c1. The van der Waals surface area contributed by atoms with Crippen LogP contribution >= 0.6 is 11.6 Å². The van der Waals surface area contributed by atoms with Crippen molar-refractivity contribution in [2.24, 2.45) is 0 Å². The molecular formula is C22H18ClN5O6. The van der Waals surface area contributed by atoms with Gasteiger partial charge in [-0.1, -0.05) is 30.7 Å². The zero-order chi connectivity index (χ0) is 24.8. The van der Waals surface area contributed by atoms with Gasteiger partial charge >= 0.3 is 12.0 Å². The fraction of sp³-hybridized carbons (Fsp3) is 0.136. The average molecular weight is 484 g/mol. The molecule has 0 saturated carbocycles. The number of aromatic nitrogens is 2. The van der Waals surface area contributed by atoms with Crippen LogP contribution in [0.25, 0.3) is 0 Å². The van der Waals surface area contributed by atoms with Gasteiger partial charge in [-0.2, -0.15) is 0 Å². The second-order valence-electron chi connectivity index (χ2n) is 6.85. The van der Waals surface area contributed by atoms with Crippen molar-refractivity contribution in [1.29, 1.82) is 0 Å². The highest BCUT2D eigenvalue weighted by atomic mass is 35.5. The number of carbonyl (C=O) groups is 3. The van der Waals surface area contributed by atoms with Crippen LogP contribution in [0.3, 0.4) is 0 Å². The molecular weight excluding hydrogens is 466 g/mol. The topological polar surface area (TPSA) is 145 Å². The summed E-state index contributed by atoms with van der Waals surface area (Å²) in [5.41, 5.74) is -0.0695. The van der Waals surface area contributed by atoms with Crippen LogP contribution in [0.2, 0.25) is 5.02 Å². The van der Waals surface area contributed by atoms with Crippen molar-refractivity contribution in [2.45, 2.75) is 20.3 Å². The number of hydrogen-bond acceptors (Lipinski definition) is 8. The second-order valence-corrected chi connectivity index (χ2v) is 7.29. The van der Waals surface area contributed by atoms with Gasteiger partial charge in [-0.15, -0.1) is 0 Å². The normalized spacial score (nSPS) is 10.3. The minimum absolute atomic E-state index is 0.0387. The van der Waals surface area contributed by atoms with Gasteiger partial charge in [-0.25, -0.2) is 19.7 Å². The van der Waals surface area contributed by atoms with Crippen molar-refractivity contribution < 1.29 is 24.0 Å². The lowest BCUT2D eigenvalue weighted by Gasteiger charge is -2.21. The molecule has 0 atom stereocenters. The zero-order valence-electron chi connectivity index (χ0n) is 18.0. The van der Waals surface area contributed by atoms with E-state index in [1.807, 2.05) is 5.32 Å². The third kappa shape index (κ3) is 5.51. The highest BCUT2D eigenvalue weighted by Crippen LogP contribution is 2.28. The van der Waals surface area contributed by atoms with Crippen LogP contribution in [0.5, 0.6) is 11.8 Å². The van der Waals surface area contributed by atoms with Crippen molar-refractivity contribution >= 4 is 40.8 Å². The maximum Gasteiger partial charge on any atom is 0.335 e. The molecule has 174 valence electrons. The van der Waals surface area contributed by atoms with Crippen molar-refractivity contribution in [3.63, 3.8) is 0 Å². The number of nitro benzene ring substituents is 1. The minimum atomic E-state index is -1.05. The number of imide groups is 2. The van der Waals surface area contributed by atoms with Crippen LogP contribution in [0.4, 0.5) is 16.2 Å². The summed E-state index contributed by atoms with van der Waals surface area (Å²) < 4.78 is 5.60. The van der Waals surface area contributed by atoms with Crippen LogP contribution in [-0.2, 0) is 4.79 Å². The molecule has 3 rings (SSSR count). The van der Waals surface area contributed by atoms with Gasteiger partial charge in [0.25, 0.3) is 11.6 Å². The van der Waals surface area contributed by atoms with Gasteiger partial charge in [-0.3, -0.25) is 25.0 Å². The molecule has 1 heterocycles. The van der Waals surface area contributed by atoms with Gasteiger partial charge in [0.05, 0.1) is 28.0 Å². The number of nitrogens with one attached hydrogen (secondary N) is 1. The summed E-state index contributed by atoms with van der Waals surface area (Å²) in [5.74, 6) is -1.24. The summed E-state index contributed by atoms with van der Waals surface area (Å²) in [6.45, 7) is 3.23. The molecule has 0 unspecified atom stereocenters. The van der Waals surface area contributed by atoms with Gasteiger partial charge in [0.2, 0.25) is 5.91 Å². The molecule has 34 heavy (non-hydrogen) atoms. The van der Waals surface area contributed by atoms with E-state index >= 15 is 0 Å². The van der Waals surface area contributed by atoms with Gasteiger partial charge in [0.1, 0.15) is 11.3 Å². The van der Waals surface area contributed by atoms with Crippen LogP contribution in [0.1, 0.15) is 29.3 Å². The number of rotatable bonds is 6. The van der Waals surface area contributed by atoms with Crippen LogP contribution < -0.4 is 15.0 Å². The molecule has 2 aromatic carbocycles. The second kappa shape index (κ2) is 10.5. The smallest absolute Gasteiger partial charge is 0.335 e. The minimum Gasteiger partial charge on any atom is -0.424 e. The number of benzene rings is 2. The van der Waals surface area contributed by atoms with Crippen molar-refractivity contribution in [2.75, 3.05) is 4.90 Å². The molecule has 0 saturated heterocycles. The Balaban J connectivity index is 1.85. The number of anilines is 1. The number of para-hydroxylation sites is 1. The quantitative estimate of drug-likeness (QED) is 0.400. The first-order valence-electron chi connectivity index (χ1n) is 9.89. The molecule has 0 fully saturated rings. The molecule has 0 bridgehead atoms. The lowest BCUT2D eigenvalue weighted by atomic mass is 10.1. The Morgan fingerprint density at radius 1 is 1.15 bits per heavy atom. The fourth-order valence-corrected chi connectivity index (χ4v) is 3.01. The highest BCUT2D eigenvalue weighted by Gasteiger charge is 2.27. The maximum atomic E-state index is 12.9. The number of carbonyl (C=O) groups excluding carboxylic acids is 3. The Morgan fingerprint density at radius 3 is 2.44 bits per heavy atom. The molecule has 1 aromatic heterocycles. The average Bonchev–Trinajstić information content (AvgIpc) is 2.82. The van der Waals surface area contributed by atoms with E-state index in [9.17, 15) is 24.5 Å². The molecule has 4 amide bonds. The number of amides is 4. The maximum absolute atomic E-state index is 12.9. The fourth-order valence-electron chi connectivity index (χ4n) is 2.92. The first-order valence-corrected chi connectivity index (χ1v) is 10.3. The predicted molar refractivity (Wildman–Crippen MR) is 122 cm³/mol. The Kier molecular flexibility index (Phi) is 7.49. The van der Waals surface area contributed by atoms with Gasteiger partial charge in [0, 0.05) is 12.5 Å². The van der Waals surface area contributed by atoms with Crippen molar-refractivity contribution in [1.82, 2.24) is 15.3 Å². The summed E-state index contributed by atoms with van der Waals surface area (Å²) in [4.78, 5) is 57.1. The molecule has 11 nitrogen and oxygen atoms in total. The van der Waals surface area contributed by atoms with Crippen LogP contribution in [0.15, 0.2) is 54.9 Å². The molecule has 12 heteroatoms. The Bertz CT molecular complexity index is 1260. The lowest BCUT2D eigenvalue weighted by Crippen LogP contribution is -2.46. The van der Waals surface area contributed by atoms with Crippen LogP contribution in [-0.4, -0.2) is 32.7 Å². The van der Waals surface area contributed by atoms with E-state index in [2.05, 4.69) is 9.97 Å².